The maximum atomic E-state index is 12.4. The topological polar surface area (TPSA) is 103 Å². The van der Waals surface area contributed by atoms with Gasteiger partial charge >= 0.3 is 0 Å². The molecule has 0 saturated heterocycles. The summed E-state index contributed by atoms with van der Waals surface area (Å²) in [7, 11) is 0. The number of nitrogens with one attached hydrogen (secondary N) is 1. The molecule has 152 valence electrons. The van der Waals surface area contributed by atoms with Crippen molar-refractivity contribution in [3.63, 3.8) is 0 Å². The van der Waals surface area contributed by atoms with Gasteiger partial charge in [-0.05, 0) is 32.9 Å². The van der Waals surface area contributed by atoms with Gasteiger partial charge in [0, 0.05) is 34.0 Å². The largest absolute Gasteiger partial charge is 0.324 e. The zero-order valence-corrected chi connectivity index (χ0v) is 18.3. The highest BCUT2D eigenvalue weighted by molar-refractivity contribution is 7.99. The molecule has 0 spiro atoms. The van der Waals surface area contributed by atoms with E-state index in [4.69, 9.17) is 11.6 Å². The third kappa shape index (κ3) is 4.95. The number of nitrogens with zero attached hydrogens (tertiary/aromatic N) is 4. The molecule has 2 aromatic heterocycles. The number of nitro benzene ring substituents is 1. The Morgan fingerprint density at radius 3 is 2.76 bits per heavy atom. The summed E-state index contributed by atoms with van der Waals surface area (Å²) in [5.41, 5.74) is 1.05. The first kappa shape index (κ1) is 21.3. The predicted octanol–water partition coefficient (Wildman–Crippen LogP) is 5.19. The summed E-state index contributed by atoms with van der Waals surface area (Å²) in [6.45, 7) is 6.08. The summed E-state index contributed by atoms with van der Waals surface area (Å²) in [4.78, 5) is 23.9. The average Bonchev–Trinajstić information content (AvgIpc) is 3.27. The Hall–Kier alpha value is -2.43. The van der Waals surface area contributed by atoms with E-state index in [2.05, 4.69) is 21.6 Å². The predicted molar refractivity (Wildman–Crippen MR) is 116 cm³/mol. The first-order valence-corrected chi connectivity index (χ1v) is 10.9. The first-order valence-electron chi connectivity index (χ1n) is 8.63. The minimum Gasteiger partial charge on any atom is -0.324 e. The fraction of sp³-hybridized carbons (Fsp3) is 0.278. The van der Waals surface area contributed by atoms with E-state index in [-0.39, 0.29) is 34.1 Å². The number of nitro groups is 1. The third-order valence-corrected chi connectivity index (χ3v) is 6.07. The van der Waals surface area contributed by atoms with Crippen molar-refractivity contribution in [2.75, 3.05) is 11.1 Å². The van der Waals surface area contributed by atoms with Gasteiger partial charge in [-0.3, -0.25) is 19.5 Å². The van der Waals surface area contributed by atoms with Gasteiger partial charge in [0.15, 0.2) is 11.0 Å². The number of carbonyl (C=O) groups excluding carboxylic acids is 1. The molecule has 3 aromatic rings. The molecule has 2 heterocycles. The summed E-state index contributed by atoms with van der Waals surface area (Å²) in [6.07, 6.45) is 0. The van der Waals surface area contributed by atoms with Crippen LogP contribution in [-0.2, 0) is 4.79 Å². The Morgan fingerprint density at radius 2 is 2.14 bits per heavy atom. The zero-order chi connectivity index (χ0) is 21.1. The quantitative estimate of drug-likeness (QED) is 0.301. The maximum absolute atomic E-state index is 12.4. The molecule has 1 amide bonds. The second-order valence-corrected chi connectivity index (χ2v) is 8.94. The minimum atomic E-state index is -0.542. The van der Waals surface area contributed by atoms with Crippen molar-refractivity contribution in [2.45, 2.75) is 32.0 Å². The highest BCUT2D eigenvalue weighted by Crippen LogP contribution is 2.31. The lowest BCUT2D eigenvalue weighted by Crippen LogP contribution is -2.15. The summed E-state index contributed by atoms with van der Waals surface area (Å²) in [6, 6.07) is 6.06. The van der Waals surface area contributed by atoms with Crippen molar-refractivity contribution in [3.8, 4) is 11.4 Å². The van der Waals surface area contributed by atoms with Gasteiger partial charge in [-0.15, -0.1) is 21.5 Å². The van der Waals surface area contributed by atoms with E-state index >= 15 is 0 Å². The Kier molecular flexibility index (Phi) is 6.56. The van der Waals surface area contributed by atoms with E-state index in [1.54, 1.807) is 11.3 Å². The lowest BCUT2D eigenvalue weighted by Gasteiger charge is -2.13. The second kappa shape index (κ2) is 8.93. The van der Waals surface area contributed by atoms with Crippen LogP contribution in [0.3, 0.4) is 0 Å². The maximum Gasteiger partial charge on any atom is 0.271 e. The summed E-state index contributed by atoms with van der Waals surface area (Å²) >= 11 is 8.92. The monoisotopic (exact) mass is 451 g/mol. The number of aromatic nitrogens is 3. The highest BCUT2D eigenvalue weighted by Gasteiger charge is 2.19. The normalized spacial score (nSPS) is 11.1. The van der Waals surface area contributed by atoms with E-state index in [1.165, 1.54) is 34.8 Å². The van der Waals surface area contributed by atoms with Crippen molar-refractivity contribution < 1.29 is 9.72 Å². The van der Waals surface area contributed by atoms with E-state index in [0.717, 1.165) is 11.4 Å². The van der Waals surface area contributed by atoms with Gasteiger partial charge < -0.3 is 5.32 Å². The van der Waals surface area contributed by atoms with Crippen LogP contribution in [0.2, 0.25) is 5.02 Å². The molecule has 0 fully saturated rings. The van der Waals surface area contributed by atoms with Gasteiger partial charge in [-0.25, -0.2) is 0 Å². The van der Waals surface area contributed by atoms with E-state index < -0.39 is 4.92 Å². The molecule has 0 aliphatic carbocycles. The number of thiophene rings is 1. The van der Waals surface area contributed by atoms with E-state index in [1.807, 2.05) is 30.7 Å². The smallest absolute Gasteiger partial charge is 0.271 e. The number of carbonyl (C=O) groups is 1. The number of aryl methyl sites for hydroxylation is 1. The number of amides is 1. The van der Waals surface area contributed by atoms with Crippen molar-refractivity contribution in [2.24, 2.45) is 0 Å². The average molecular weight is 452 g/mol. The lowest BCUT2D eigenvalue weighted by molar-refractivity contribution is -0.384. The molecule has 3 rings (SSSR count). The molecule has 29 heavy (non-hydrogen) atoms. The number of hydrogen-bond acceptors (Lipinski definition) is 7. The first-order chi connectivity index (χ1) is 13.8. The van der Waals surface area contributed by atoms with Crippen LogP contribution >= 0.6 is 34.7 Å². The Bertz CT molecular complexity index is 1060. The van der Waals surface area contributed by atoms with Gasteiger partial charge in [-0.1, -0.05) is 23.4 Å². The molecule has 0 saturated carbocycles. The number of rotatable bonds is 7. The highest BCUT2D eigenvalue weighted by atomic mass is 35.5. The van der Waals surface area contributed by atoms with Crippen LogP contribution in [0.5, 0.6) is 0 Å². The standard InChI is InChI=1S/C18H18ClN5O3S2/c1-10(2)23-17(12-6-11(3)28-8-12)21-22-18(23)29-9-16(25)20-15-7-13(24(26)27)4-5-14(15)19/h4-8,10H,9H2,1-3H3,(H,20,25). The third-order valence-electron chi connectivity index (χ3n) is 3.94. The van der Waals surface area contributed by atoms with Crippen LogP contribution in [0.15, 0.2) is 34.8 Å². The molecule has 0 bridgehead atoms. The van der Waals surface area contributed by atoms with E-state index in [9.17, 15) is 14.9 Å². The van der Waals surface area contributed by atoms with Crippen molar-refractivity contribution in [1.29, 1.82) is 0 Å². The SMILES string of the molecule is Cc1cc(-c2nnc(SCC(=O)Nc3cc([N+](=O)[O-])ccc3Cl)n2C(C)C)cs1. The molecule has 11 heteroatoms. The number of benzene rings is 1. The lowest BCUT2D eigenvalue weighted by atomic mass is 10.3. The fourth-order valence-corrected chi connectivity index (χ4v) is 4.35. The zero-order valence-electron chi connectivity index (χ0n) is 15.9. The molecule has 8 nitrogen and oxygen atoms in total. The molecule has 0 aliphatic heterocycles. The van der Waals surface area contributed by atoms with Crippen LogP contribution in [0.4, 0.5) is 11.4 Å². The van der Waals surface area contributed by atoms with Crippen LogP contribution in [0.25, 0.3) is 11.4 Å². The van der Waals surface area contributed by atoms with Crippen molar-refractivity contribution >= 4 is 52.0 Å². The number of hydrogen-bond donors (Lipinski definition) is 1. The molecule has 1 aromatic carbocycles. The van der Waals surface area contributed by atoms with Gasteiger partial charge in [0.2, 0.25) is 5.91 Å². The van der Waals surface area contributed by atoms with Crippen molar-refractivity contribution in [3.05, 3.63) is 49.7 Å². The minimum absolute atomic E-state index is 0.0620. The van der Waals surface area contributed by atoms with Crippen LogP contribution < -0.4 is 5.32 Å². The van der Waals surface area contributed by atoms with Gasteiger partial charge in [-0.2, -0.15) is 0 Å². The summed E-state index contributed by atoms with van der Waals surface area (Å²) < 4.78 is 1.99. The van der Waals surface area contributed by atoms with E-state index in [0.29, 0.717) is 5.16 Å². The molecule has 1 N–H and O–H groups in total. The number of thioether (sulfide) groups is 1. The van der Waals surface area contributed by atoms with Gasteiger partial charge in [0.05, 0.1) is 21.4 Å². The van der Waals surface area contributed by atoms with Gasteiger partial charge in [0.1, 0.15) is 0 Å². The van der Waals surface area contributed by atoms with Gasteiger partial charge in [0.25, 0.3) is 5.69 Å². The Balaban J connectivity index is 1.73. The van der Waals surface area contributed by atoms with Crippen molar-refractivity contribution in [1.82, 2.24) is 14.8 Å². The second-order valence-electron chi connectivity index (χ2n) is 6.47. The molecule has 0 radical (unpaired) electrons. The number of non-ortho nitro benzene ring substituents is 1. The fourth-order valence-electron chi connectivity index (χ4n) is 2.64. The summed E-state index contributed by atoms with van der Waals surface area (Å²) in [5, 5.41) is 25.0. The number of anilines is 1. The molecular weight excluding hydrogens is 434 g/mol. The molecule has 0 unspecified atom stereocenters. The Labute approximate surface area is 180 Å². The number of halogens is 1. The summed E-state index contributed by atoms with van der Waals surface area (Å²) in [5.74, 6) is 0.477. The molecule has 0 atom stereocenters. The van der Waals surface area contributed by atoms with Crippen LogP contribution in [0, 0.1) is 17.0 Å². The van der Waals surface area contributed by atoms with Crippen LogP contribution in [-0.4, -0.2) is 31.3 Å². The molecule has 0 aliphatic rings. The molecular formula is C18H18ClN5O3S2. The van der Waals surface area contributed by atoms with Crippen LogP contribution in [0.1, 0.15) is 24.8 Å². The Morgan fingerprint density at radius 1 is 1.38 bits per heavy atom.